The van der Waals surface area contributed by atoms with Crippen molar-refractivity contribution in [1.82, 2.24) is 15.5 Å². The van der Waals surface area contributed by atoms with Crippen LogP contribution < -0.4 is 10.6 Å². The lowest BCUT2D eigenvalue weighted by Gasteiger charge is -2.35. The molecular formula is C23H37N3O5. The largest absolute Gasteiger partial charge is 0.395 e. The number of fused-ring (bicyclic) bond motifs is 1. The van der Waals surface area contributed by atoms with Gasteiger partial charge in [0, 0.05) is 19.1 Å². The van der Waals surface area contributed by atoms with E-state index in [0.717, 1.165) is 32.1 Å². The zero-order valence-electron chi connectivity index (χ0n) is 18.8. The van der Waals surface area contributed by atoms with E-state index in [2.05, 4.69) is 10.6 Å². The van der Waals surface area contributed by atoms with Gasteiger partial charge in [-0.3, -0.25) is 14.4 Å². The van der Waals surface area contributed by atoms with Crippen LogP contribution in [0.1, 0.15) is 71.6 Å². The molecule has 3 aliphatic heterocycles. The Hall–Kier alpha value is -1.67. The van der Waals surface area contributed by atoms with Crippen molar-refractivity contribution in [3.63, 3.8) is 0 Å². The fraction of sp³-hybridized carbons (Fsp3) is 0.870. The third-order valence-corrected chi connectivity index (χ3v) is 8.05. The quantitative estimate of drug-likeness (QED) is 0.529. The number of nitrogens with one attached hydrogen (secondary N) is 2. The van der Waals surface area contributed by atoms with E-state index in [0.29, 0.717) is 25.8 Å². The van der Waals surface area contributed by atoms with Crippen LogP contribution in [0.3, 0.4) is 0 Å². The number of ether oxygens (including phenoxy) is 1. The minimum absolute atomic E-state index is 0.0750. The average Bonchev–Trinajstić information content (AvgIpc) is 3.37. The summed E-state index contributed by atoms with van der Waals surface area (Å²) in [6.07, 6.45) is 7.96. The van der Waals surface area contributed by atoms with Gasteiger partial charge in [0.1, 0.15) is 11.6 Å². The van der Waals surface area contributed by atoms with E-state index in [-0.39, 0.29) is 36.9 Å². The SMILES string of the molecule is CCCNC(=O)[C@@H]1[C@H]2C(=O)N(CCO)C(C(=O)NC3CCCCC3)C23CC[C@@]1(CC)O3. The van der Waals surface area contributed by atoms with Crippen LogP contribution in [0.5, 0.6) is 0 Å². The minimum Gasteiger partial charge on any atom is -0.395 e. The van der Waals surface area contributed by atoms with Crippen molar-refractivity contribution in [3.8, 4) is 0 Å². The summed E-state index contributed by atoms with van der Waals surface area (Å²) in [7, 11) is 0. The lowest BCUT2D eigenvalue weighted by Crippen LogP contribution is -2.57. The van der Waals surface area contributed by atoms with E-state index in [1.54, 1.807) is 0 Å². The van der Waals surface area contributed by atoms with Crippen molar-refractivity contribution in [1.29, 1.82) is 0 Å². The fourth-order valence-electron chi connectivity index (χ4n) is 6.65. The number of amides is 3. The maximum absolute atomic E-state index is 13.6. The Morgan fingerprint density at radius 1 is 1.16 bits per heavy atom. The van der Waals surface area contributed by atoms with Gasteiger partial charge >= 0.3 is 0 Å². The summed E-state index contributed by atoms with van der Waals surface area (Å²) in [5.74, 6) is -1.85. The van der Waals surface area contributed by atoms with Crippen molar-refractivity contribution in [3.05, 3.63) is 0 Å². The van der Waals surface area contributed by atoms with Crippen LogP contribution >= 0.6 is 0 Å². The number of β-amino-alcohol motifs (C(OH)–C–C–N with tert-alkyl or cyclic N) is 1. The molecule has 0 aromatic carbocycles. The molecule has 174 valence electrons. The topological polar surface area (TPSA) is 108 Å². The Balaban J connectivity index is 1.67. The molecule has 4 rings (SSSR count). The molecule has 8 heteroatoms. The molecular weight excluding hydrogens is 398 g/mol. The van der Waals surface area contributed by atoms with Gasteiger partial charge in [-0.05, 0) is 38.5 Å². The van der Waals surface area contributed by atoms with Crippen molar-refractivity contribution >= 4 is 17.7 Å². The highest BCUT2D eigenvalue weighted by molar-refractivity contribution is 5.99. The fourth-order valence-corrected chi connectivity index (χ4v) is 6.65. The van der Waals surface area contributed by atoms with Gasteiger partial charge in [0.2, 0.25) is 17.7 Å². The zero-order chi connectivity index (χ0) is 22.2. The number of carbonyl (C=O) groups excluding carboxylic acids is 3. The third kappa shape index (κ3) is 3.46. The zero-order valence-corrected chi connectivity index (χ0v) is 18.8. The maximum Gasteiger partial charge on any atom is 0.246 e. The number of hydrogen-bond acceptors (Lipinski definition) is 5. The Labute approximate surface area is 184 Å². The molecule has 2 unspecified atom stereocenters. The van der Waals surface area contributed by atoms with E-state index in [1.165, 1.54) is 11.3 Å². The van der Waals surface area contributed by atoms with Crippen molar-refractivity contribution in [2.75, 3.05) is 19.7 Å². The molecule has 1 saturated carbocycles. The summed E-state index contributed by atoms with van der Waals surface area (Å²) in [5.41, 5.74) is -1.69. The average molecular weight is 436 g/mol. The first kappa shape index (κ1) is 22.5. The number of carbonyl (C=O) groups is 3. The van der Waals surface area contributed by atoms with E-state index in [1.807, 2.05) is 13.8 Å². The molecule has 2 bridgehead atoms. The second kappa shape index (κ2) is 8.70. The first-order valence-corrected chi connectivity index (χ1v) is 12.1. The van der Waals surface area contributed by atoms with E-state index in [4.69, 9.17) is 4.74 Å². The van der Waals surface area contributed by atoms with Gasteiger partial charge in [0.05, 0.1) is 24.0 Å². The highest BCUT2D eigenvalue weighted by atomic mass is 16.5. The maximum atomic E-state index is 13.6. The number of aliphatic hydroxyl groups is 1. The lowest BCUT2D eigenvalue weighted by atomic mass is 9.65. The molecule has 3 saturated heterocycles. The van der Waals surface area contributed by atoms with Gasteiger partial charge in [-0.25, -0.2) is 0 Å². The summed E-state index contributed by atoms with van der Waals surface area (Å²) < 4.78 is 6.64. The van der Waals surface area contributed by atoms with Gasteiger partial charge in [-0.2, -0.15) is 0 Å². The number of nitrogens with zero attached hydrogens (tertiary/aromatic N) is 1. The first-order valence-electron chi connectivity index (χ1n) is 12.1. The molecule has 5 atom stereocenters. The van der Waals surface area contributed by atoms with Gasteiger partial charge in [-0.1, -0.05) is 33.1 Å². The van der Waals surface area contributed by atoms with Gasteiger partial charge < -0.3 is 25.4 Å². The summed E-state index contributed by atoms with van der Waals surface area (Å²) >= 11 is 0. The predicted molar refractivity (Wildman–Crippen MR) is 114 cm³/mol. The summed E-state index contributed by atoms with van der Waals surface area (Å²) in [5, 5.41) is 15.8. The molecule has 1 aliphatic carbocycles. The Bertz CT molecular complexity index is 724. The number of rotatable bonds is 8. The third-order valence-electron chi connectivity index (χ3n) is 8.05. The molecule has 3 N–H and O–H groups in total. The normalized spacial score (nSPS) is 37.2. The predicted octanol–water partition coefficient (Wildman–Crippen LogP) is 1.11. The summed E-state index contributed by atoms with van der Waals surface area (Å²) in [6.45, 7) is 4.38. The highest BCUT2D eigenvalue weighted by Gasteiger charge is 2.78. The summed E-state index contributed by atoms with van der Waals surface area (Å²) in [6, 6.07) is -0.679. The van der Waals surface area contributed by atoms with E-state index < -0.39 is 29.1 Å². The van der Waals surface area contributed by atoms with E-state index >= 15 is 0 Å². The van der Waals surface area contributed by atoms with Crippen molar-refractivity contribution in [2.45, 2.75) is 94.9 Å². The Morgan fingerprint density at radius 3 is 2.55 bits per heavy atom. The highest BCUT2D eigenvalue weighted by Crippen LogP contribution is 2.64. The molecule has 0 aromatic heterocycles. The molecule has 4 aliphatic rings. The molecule has 1 spiro atoms. The van der Waals surface area contributed by atoms with Crippen LogP contribution in [0.4, 0.5) is 0 Å². The lowest BCUT2D eigenvalue weighted by molar-refractivity contribution is -0.148. The van der Waals surface area contributed by atoms with Crippen LogP contribution in [0, 0.1) is 11.8 Å². The van der Waals surface area contributed by atoms with Crippen molar-refractivity contribution in [2.24, 2.45) is 11.8 Å². The number of aliphatic hydroxyl groups excluding tert-OH is 1. The molecule has 3 amide bonds. The van der Waals surface area contributed by atoms with Gasteiger partial charge in [0.15, 0.2) is 0 Å². The standard InChI is InChI=1S/C23H37N3O5/c1-3-12-24-19(28)16-17-21(30)26(13-14-27)18(20(29)25-15-8-6-5-7-9-15)23(17)11-10-22(16,4-2)31-23/h15-18,27H,3-14H2,1-2H3,(H,24,28)(H,25,29)/t16-,17-,18?,22+,23?/m0/s1. The van der Waals surface area contributed by atoms with Crippen LogP contribution in [0.15, 0.2) is 0 Å². The smallest absolute Gasteiger partial charge is 0.246 e. The first-order chi connectivity index (χ1) is 14.9. The molecule has 31 heavy (non-hydrogen) atoms. The number of hydrogen-bond donors (Lipinski definition) is 3. The van der Waals surface area contributed by atoms with Crippen LogP contribution in [0.2, 0.25) is 0 Å². The van der Waals surface area contributed by atoms with Crippen molar-refractivity contribution < 1.29 is 24.2 Å². The Kier molecular flexibility index (Phi) is 6.32. The summed E-state index contributed by atoms with van der Waals surface area (Å²) in [4.78, 5) is 41.8. The molecule has 8 nitrogen and oxygen atoms in total. The van der Waals surface area contributed by atoms with Crippen LogP contribution in [-0.2, 0) is 19.1 Å². The van der Waals surface area contributed by atoms with E-state index in [9.17, 15) is 19.5 Å². The minimum atomic E-state index is -0.991. The second-order valence-electron chi connectivity index (χ2n) is 9.72. The Morgan fingerprint density at radius 2 is 1.90 bits per heavy atom. The molecule has 0 aromatic rings. The molecule has 4 fully saturated rings. The van der Waals surface area contributed by atoms with Gasteiger partial charge in [-0.15, -0.1) is 0 Å². The monoisotopic (exact) mass is 435 g/mol. The van der Waals surface area contributed by atoms with Crippen LogP contribution in [0.25, 0.3) is 0 Å². The van der Waals surface area contributed by atoms with Crippen LogP contribution in [-0.4, -0.2) is 70.7 Å². The number of likely N-dealkylation sites (tertiary alicyclic amines) is 1. The molecule has 0 radical (unpaired) electrons. The molecule has 3 heterocycles. The second-order valence-corrected chi connectivity index (χ2v) is 9.72. The van der Waals surface area contributed by atoms with Gasteiger partial charge in [0.25, 0.3) is 0 Å².